The molecule has 210 valence electrons. The Bertz CT molecular complexity index is 1570. The van der Waals surface area contributed by atoms with E-state index in [0.29, 0.717) is 56.4 Å². The van der Waals surface area contributed by atoms with Gasteiger partial charge in [0.2, 0.25) is 5.95 Å². The lowest BCUT2D eigenvalue weighted by molar-refractivity contribution is -0.0233. The molecule has 0 unspecified atom stereocenters. The second kappa shape index (κ2) is 11.3. The van der Waals surface area contributed by atoms with Gasteiger partial charge in [-0.05, 0) is 30.5 Å². The van der Waals surface area contributed by atoms with Gasteiger partial charge in [0.1, 0.15) is 18.3 Å². The van der Waals surface area contributed by atoms with E-state index in [4.69, 9.17) is 11.6 Å². The number of pyridine rings is 2. The van der Waals surface area contributed by atoms with Gasteiger partial charge in [-0.15, -0.1) is 5.10 Å². The quantitative estimate of drug-likeness (QED) is 0.211. The summed E-state index contributed by atoms with van der Waals surface area (Å²) in [6.45, 7) is 9.22. The normalized spacial score (nSPS) is 12.8. The molecule has 40 heavy (non-hydrogen) atoms. The molecule has 0 fully saturated rings. The fourth-order valence-corrected chi connectivity index (χ4v) is 4.44. The standard InChI is InChI=1S/C28H30ClF3N8/c1-6-28(31,32)15-40-13-22(38-39-40)26(19-7-8-23(30)36-16(19)2)37-18-9-20-24(35-14-27(3,4)5)17(11-33)12-34-25(20)21(29)10-18/h7-10,12-13,26,37H,6,14-15H2,1-5H3,(H,34,35)/t26-/m0/s1. The molecule has 12 heteroatoms. The number of hydrogen-bond donors (Lipinski definition) is 2. The second-order valence-corrected chi connectivity index (χ2v) is 11.3. The highest BCUT2D eigenvalue weighted by Gasteiger charge is 2.29. The molecule has 0 saturated heterocycles. The van der Waals surface area contributed by atoms with E-state index in [1.807, 2.05) is 0 Å². The van der Waals surface area contributed by atoms with E-state index < -0.39 is 24.5 Å². The third-order valence-electron chi connectivity index (χ3n) is 6.32. The molecule has 0 aliphatic heterocycles. The first-order valence-electron chi connectivity index (χ1n) is 12.7. The van der Waals surface area contributed by atoms with Crippen molar-refractivity contribution in [1.29, 1.82) is 5.26 Å². The highest BCUT2D eigenvalue weighted by atomic mass is 35.5. The van der Waals surface area contributed by atoms with Gasteiger partial charge in [-0.3, -0.25) is 4.98 Å². The van der Waals surface area contributed by atoms with Gasteiger partial charge in [-0.1, -0.05) is 50.6 Å². The number of alkyl halides is 2. The summed E-state index contributed by atoms with van der Waals surface area (Å²) < 4.78 is 43.1. The van der Waals surface area contributed by atoms with Gasteiger partial charge in [0.25, 0.3) is 5.92 Å². The van der Waals surface area contributed by atoms with Crippen molar-refractivity contribution in [3.8, 4) is 6.07 Å². The lowest BCUT2D eigenvalue weighted by atomic mass is 9.96. The van der Waals surface area contributed by atoms with Crippen LogP contribution in [0.2, 0.25) is 5.02 Å². The summed E-state index contributed by atoms with van der Waals surface area (Å²) >= 11 is 6.65. The van der Waals surface area contributed by atoms with Gasteiger partial charge in [-0.2, -0.15) is 9.65 Å². The molecule has 4 aromatic rings. The number of halogens is 4. The zero-order valence-electron chi connectivity index (χ0n) is 22.9. The van der Waals surface area contributed by atoms with E-state index in [-0.39, 0.29) is 11.8 Å². The second-order valence-electron chi connectivity index (χ2n) is 10.9. The third-order valence-corrected chi connectivity index (χ3v) is 6.61. The van der Waals surface area contributed by atoms with Crippen molar-refractivity contribution >= 4 is 33.9 Å². The van der Waals surface area contributed by atoms with Crippen LogP contribution in [0.25, 0.3) is 10.9 Å². The van der Waals surface area contributed by atoms with E-state index in [2.05, 4.69) is 57.8 Å². The lowest BCUT2D eigenvalue weighted by Crippen LogP contribution is -2.23. The number of anilines is 2. The largest absolute Gasteiger partial charge is 0.383 e. The van der Waals surface area contributed by atoms with Crippen LogP contribution in [0.15, 0.2) is 36.7 Å². The average Bonchev–Trinajstić information content (AvgIpc) is 3.33. The molecule has 3 aromatic heterocycles. The lowest BCUT2D eigenvalue weighted by Gasteiger charge is -2.23. The summed E-state index contributed by atoms with van der Waals surface area (Å²) in [5.41, 5.74) is 3.22. The van der Waals surface area contributed by atoms with Gasteiger partial charge < -0.3 is 10.6 Å². The van der Waals surface area contributed by atoms with Crippen LogP contribution in [0, 0.1) is 29.6 Å². The number of benzene rings is 1. The van der Waals surface area contributed by atoms with E-state index >= 15 is 0 Å². The average molecular weight is 571 g/mol. The first-order valence-corrected chi connectivity index (χ1v) is 13.1. The number of nitrogens with one attached hydrogen (secondary N) is 2. The number of fused-ring (bicyclic) bond motifs is 1. The molecule has 0 bridgehead atoms. The van der Waals surface area contributed by atoms with Crippen LogP contribution in [0.5, 0.6) is 0 Å². The highest BCUT2D eigenvalue weighted by Crippen LogP contribution is 2.36. The Morgan fingerprint density at radius 2 is 1.95 bits per heavy atom. The predicted octanol–water partition coefficient (Wildman–Crippen LogP) is 6.90. The van der Waals surface area contributed by atoms with Crippen LogP contribution < -0.4 is 10.6 Å². The maximum absolute atomic E-state index is 14.1. The van der Waals surface area contributed by atoms with Crippen molar-refractivity contribution in [2.75, 3.05) is 17.2 Å². The third kappa shape index (κ3) is 6.62. The van der Waals surface area contributed by atoms with Crippen LogP contribution in [-0.4, -0.2) is 37.4 Å². The predicted molar refractivity (Wildman–Crippen MR) is 149 cm³/mol. The van der Waals surface area contributed by atoms with Crippen LogP contribution in [0.4, 0.5) is 24.5 Å². The number of hydrogen-bond acceptors (Lipinski definition) is 7. The van der Waals surface area contributed by atoms with E-state index in [1.165, 1.54) is 25.4 Å². The van der Waals surface area contributed by atoms with Gasteiger partial charge in [0, 0.05) is 41.5 Å². The fraction of sp³-hybridized carbons (Fsp3) is 0.393. The highest BCUT2D eigenvalue weighted by molar-refractivity contribution is 6.35. The zero-order chi connectivity index (χ0) is 29.2. The van der Waals surface area contributed by atoms with Crippen molar-refractivity contribution in [1.82, 2.24) is 25.0 Å². The Morgan fingerprint density at radius 3 is 2.60 bits per heavy atom. The smallest absolute Gasteiger partial charge is 0.267 e. The maximum Gasteiger partial charge on any atom is 0.267 e. The Balaban J connectivity index is 1.81. The molecule has 0 radical (unpaired) electrons. The van der Waals surface area contributed by atoms with Crippen molar-refractivity contribution in [3.05, 3.63) is 70.1 Å². The summed E-state index contributed by atoms with van der Waals surface area (Å²) in [6.07, 6.45) is 2.57. The van der Waals surface area contributed by atoms with Gasteiger partial charge in [0.15, 0.2) is 0 Å². The Hall–Kier alpha value is -3.91. The van der Waals surface area contributed by atoms with Gasteiger partial charge >= 0.3 is 0 Å². The molecule has 8 nitrogen and oxygen atoms in total. The molecule has 1 aromatic carbocycles. The SMILES string of the molecule is CCC(F)(F)Cn1cc([C@@H](Nc2cc(Cl)c3ncc(C#N)c(NCC(C)(C)C)c3c2)c2ccc(F)nc2C)nn1. The summed E-state index contributed by atoms with van der Waals surface area (Å²) in [7, 11) is 0. The molecule has 0 aliphatic rings. The Morgan fingerprint density at radius 1 is 1.20 bits per heavy atom. The summed E-state index contributed by atoms with van der Waals surface area (Å²) in [5, 5.41) is 25.5. The minimum absolute atomic E-state index is 0.0689. The zero-order valence-corrected chi connectivity index (χ0v) is 23.6. The van der Waals surface area contributed by atoms with E-state index in [9.17, 15) is 18.4 Å². The molecule has 1 atom stereocenters. The van der Waals surface area contributed by atoms with Crippen LogP contribution in [0.1, 0.15) is 62.7 Å². The Kier molecular flexibility index (Phi) is 8.21. The number of rotatable bonds is 9. The van der Waals surface area contributed by atoms with Gasteiger partial charge in [0.05, 0.1) is 34.0 Å². The molecule has 2 N–H and O–H groups in total. The molecule has 0 aliphatic carbocycles. The van der Waals surface area contributed by atoms with E-state index in [0.717, 1.165) is 4.68 Å². The minimum atomic E-state index is -2.95. The minimum Gasteiger partial charge on any atom is -0.383 e. The molecular formula is C28H30ClF3N8. The van der Waals surface area contributed by atoms with E-state index in [1.54, 1.807) is 25.1 Å². The first kappa shape index (κ1) is 29.1. The van der Waals surface area contributed by atoms with Crippen molar-refractivity contribution in [2.24, 2.45) is 5.41 Å². The monoisotopic (exact) mass is 570 g/mol. The number of aromatic nitrogens is 5. The van der Waals surface area contributed by atoms with Gasteiger partial charge in [-0.25, -0.2) is 18.4 Å². The topological polar surface area (TPSA) is 104 Å². The summed E-state index contributed by atoms with van der Waals surface area (Å²) in [5.74, 6) is -3.60. The number of nitriles is 1. The summed E-state index contributed by atoms with van der Waals surface area (Å²) in [4.78, 5) is 8.32. The molecule has 4 rings (SSSR count). The van der Waals surface area contributed by atoms with Crippen LogP contribution in [0.3, 0.4) is 0 Å². The first-order chi connectivity index (χ1) is 18.8. The molecule has 0 saturated carbocycles. The van der Waals surface area contributed by atoms with Crippen molar-refractivity contribution in [3.63, 3.8) is 0 Å². The molecule has 0 amide bonds. The number of nitrogens with zero attached hydrogens (tertiary/aromatic N) is 6. The summed E-state index contributed by atoms with van der Waals surface area (Å²) in [6, 6.07) is 7.70. The molecule has 0 spiro atoms. The fourth-order valence-electron chi connectivity index (χ4n) is 4.17. The maximum atomic E-state index is 14.1. The number of aryl methyl sites for hydroxylation is 1. The van der Waals surface area contributed by atoms with Crippen molar-refractivity contribution in [2.45, 2.75) is 59.5 Å². The molecule has 3 heterocycles. The molecular weight excluding hydrogens is 541 g/mol. The Labute approximate surface area is 235 Å². The van der Waals surface area contributed by atoms with Crippen molar-refractivity contribution < 1.29 is 13.2 Å². The van der Waals surface area contributed by atoms with Crippen LogP contribution in [-0.2, 0) is 6.54 Å². The van der Waals surface area contributed by atoms with Crippen LogP contribution >= 0.6 is 11.6 Å².